The lowest BCUT2D eigenvalue weighted by atomic mass is 10.2. The van der Waals surface area contributed by atoms with E-state index >= 15 is 0 Å². The molecular weight excluding hydrogens is 364 g/mol. The van der Waals surface area contributed by atoms with Crippen molar-refractivity contribution in [3.8, 4) is 11.5 Å². The maximum Gasteiger partial charge on any atom is 0.237 e. The second-order valence-corrected chi connectivity index (χ2v) is 7.37. The third-order valence-electron chi connectivity index (χ3n) is 4.47. The Hall–Kier alpha value is -2.67. The van der Waals surface area contributed by atoms with Crippen molar-refractivity contribution in [1.82, 2.24) is 5.32 Å². The molecule has 2 aliphatic heterocycles. The number of hydrogen-bond donors (Lipinski definition) is 1. The van der Waals surface area contributed by atoms with Gasteiger partial charge in [0.2, 0.25) is 11.8 Å². The third kappa shape index (κ3) is 4.03. The van der Waals surface area contributed by atoms with Crippen LogP contribution in [0.4, 0.5) is 5.69 Å². The number of carbonyl (C=O) groups excluding carboxylic acids is 2. The first-order valence-corrected chi connectivity index (χ1v) is 9.86. The third-order valence-corrected chi connectivity index (χ3v) is 5.51. The Morgan fingerprint density at radius 2 is 1.93 bits per heavy atom. The number of carbonyl (C=O) groups is 2. The number of amides is 2. The molecule has 4 rings (SSSR count). The van der Waals surface area contributed by atoms with E-state index in [4.69, 9.17) is 9.47 Å². The first kappa shape index (κ1) is 17.7. The molecule has 0 aliphatic carbocycles. The normalized spacial score (nSPS) is 18.0. The first-order chi connectivity index (χ1) is 13.2. The Kier molecular flexibility index (Phi) is 5.20. The van der Waals surface area contributed by atoms with Crippen molar-refractivity contribution in [2.45, 2.75) is 17.4 Å². The summed E-state index contributed by atoms with van der Waals surface area (Å²) in [5.41, 5.74) is 0.882. The molecule has 0 saturated heterocycles. The van der Waals surface area contributed by atoms with Gasteiger partial charge in [-0.1, -0.05) is 24.3 Å². The molecule has 2 heterocycles. The smallest absolute Gasteiger partial charge is 0.237 e. The maximum atomic E-state index is 12.2. The van der Waals surface area contributed by atoms with Crippen LogP contribution in [0.3, 0.4) is 0 Å². The molecular formula is C20H20N2O4S. The molecule has 2 aromatic carbocycles. The molecule has 2 aromatic rings. The number of ether oxygens (including phenoxy) is 2. The molecule has 140 valence electrons. The van der Waals surface area contributed by atoms with Gasteiger partial charge in [0.15, 0.2) is 11.5 Å². The molecule has 0 saturated carbocycles. The molecule has 0 fully saturated rings. The van der Waals surface area contributed by atoms with Gasteiger partial charge < -0.3 is 19.7 Å². The Morgan fingerprint density at radius 1 is 1.15 bits per heavy atom. The highest BCUT2D eigenvalue weighted by molar-refractivity contribution is 8.00. The minimum Gasteiger partial charge on any atom is -0.486 e. The van der Waals surface area contributed by atoms with Gasteiger partial charge in [0.05, 0.1) is 18.0 Å². The number of para-hydroxylation sites is 3. The Bertz CT molecular complexity index is 857. The summed E-state index contributed by atoms with van der Waals surface area (Å²) in [6.45, 7) is 1.13. The summed E-state index contributed by atoms with van der Waals surface area (Å²) in [5.74, 6) is 1.75. The van der Waals surface area contributed by atoms with Gasteiger partial charge in [0.1, 0.15) is 12.7 Å². The minimum atomic E-state index is -0.224. The molecule has 0 bridgehead atoms. The van der Waals surface area contributed by atoms with Crippen LogP contribution in [0.25, 0.3) is 0 Å². The molecule has 1 atom stereocenters. The summed E-state index contributed by atoms with van der Waals surface area (Å²) >= 11 is 1.54. The van der Waals surface area contributed by atoms with Crippen LogP contribution in [0, 0.1) is 0 Å². The zero-order chi connectivity index (χ0) is 18.6. The predicted molar refractivity (Wildman–Crippen MR) is 103 cm³/mol. The van der Waals surface area contributed by atoms with E-state index in [1.807, 2.05) is 48.5 Å². The lowest BCUT2D eigenvalue weighted by Crippen LogP contribution is -2.42. The summed E-state index contributed by atoms with van der Waals surface area (Å²) in [6, 6.07) is 15.3. The van der Waals surface area contributed by atoms with Crippen LogP contribution in [0.15, 0.2) is 53.4 Å². The van der Waals surface area contributed by atoms with Gasteiger partial charge >= 0.3 is 0 Å². The topological polar surface area (TPSA) is 67.9 Å². The van der Waals surface area contributed by atoms with Crippen LogP contribution in [0.1, 0.15) is 6.42 Å². The largest absolute Gasteiger partial charge is 0.486 e. The van der Waals surface area contributed by atoms with Crippen molar-refractivity contribution >= 4 is 29.3 Å². The van der Waals surface area contributed by atoms with E-state index in [1.54, 1.807) is 4.90 Å². The highest BCUT2D eigenvalue weighted by Crippen LogP contribution is 2.35. The van der Waals surface area contributed by atoms with Crippen molar-refractivity contribution in [2.75, 3.05) is 30.3 Å². The van der Waals surface area contributed by atoms with Gasteiger partial charge in [-0.15, -0.1) is 11.8 Å². The van der Waals surface area contributed by atoms with E-state index in [-0.39, 0.29) is 24.3 Å². The number of benzene rings is 2. The SMILES string of the molecule is O=C(CCN1C(=O)CSc2ccccc21)NC[C@@H]1COc2ccccc2O1. The average molecular weight is 384 g/mol. The summed E-state index contributed by atoms with van der Waals surface area (Å²) in [6.07, 6.45) is 0.0205. The van der Waals surface area contributed by atoms with E-state index in [0.29, 0.717) is 31.2 Å². The van der Waals surface area contributed by atoms with Gasteiger partial charge in [-0.25, -0.2) is 0 Å². The Morgan fingerprint density at radius 3 is 2.81 bits per heavy atom. The highest BCUT2D eigenvalue weighted by atomic mass is 32.2. The average Bonchev–Trinajstić information content (AvgIpc) is 2.71. The molecule has 27 heavy (non-hydrogen) atoms. The highest BCUT2D eigenvalue weighted by Gasteiger charge is 2.25. The fraction of sp³-hybridized carbons (Fsp3) is 0.300. The van der Waals surface area contributed by atoms with Crippen LogP contribution in [-0.4, -0.2) is 43.4 Å². The van der Waals surface area contributed by atoms with Gasteiger partial charge in [0, 0.05) is 17.9 Å². The first-order valence-electron chi connectivity index (χ1n) is 8.88. The predicted octanol–water partition coefficient (Wildman–Crippen LogP) is 2.47. The second-order valence-electron chi connectivity index (χ2n) is 6.35. The van der Waals surface area contributed by atoms with E-state index in [9.17, 15) is 9.59 Å². The standard InChI is InChI=1S/C20H20N2O4S/c23-19(21-11-14-12-25-16-6-2-3-7-17(16)26-14)9-10-22-15-5-1-4-8-18(15)27-13-20(22)24/h1-8,14H,9-13H2,(H,21,23)/t14-/m1/s1. The summed E-state index contributed by atoms with van der Waals surface area (Å²) in [7, 11) is 0. The van der Waals surface area contributed by atoms with Crippen molar-refractivity contribution in [3.63, 3.8) is 0 Å². The van der Waals surface area contributed by atoms with Gasteiger partial charge in [-0.3, -0.25) is 9.59 Å². The number of nitrogens with one attached hydrogen (secondary N) is 1. The van der Waals surface area contributed by atoms with Gasteiger partial charge in [-0.2, -0.15) is 0 Å². The van der Waals surface area contributed by atoms with Crippen molar-refractivity contribution in [3.05, 3.63) is 48.5 Å². The zero-order valence-electron chi connectivity index (χ0n) is 14.7. The lowest BCUT2D eigenvalue weighted by molar-refractivity contribution is -0.121. The van der Waals surface area contributed by atoms with E-state index in [2.05, 4.69) is 5.32 Å². The van der Waals surface area contributed by atoms with Crippen molar-refractivity contribution in [2.24, 2.45) is 0 Å². The maximum absolute atomic E-state index is 12.2. The zero-order valence-corrected chi connectivity index (χ0v) is 15.5. The molecule has 0 aromatic heterocycles. The second kappa shape index (κ2) is 7.92. The summed E-state index contributed by atoms with van der Waals surface area (Å²) in [4.78, 5) is 27.2. The van der Waals surface area contributed by atoms with Crippen molar-refractivity contribution < 1.29 is 19.1 Å². The number of anilines is 1. The van der Waals surface area contributed by atoms with Crippen LogP contribution >= 0.6 is 11.8 Å². The van der Waals surface area contributed by atoms with Crippen LogP contribution in [-0.2, 0) is 9.59 Å². The van der Waals surface area contributed by atoms with Crippen LogP contribution in [0.5, 0.6) is 11.5 Å². The number of nitrogens with zero attached hydrogens (tertiary/aromatic N) is 1. The van der Waals surface area contributed by atoms with Crippen molar-refractivity contribution in [1.29, 1.82) is 0 Å². The fourth-order valence-electron chi connectivity index (χ4n) is 3.09. The lowest BCUT2D eigenvalue weighted by Gasteiger charge is -2.29. The monoisotopic (exact) mass is 384 g/mol. The van der Waals surface area contributed by atoms with E-state index < -0.39 is 0 Å². The van der Waals surface area contributed by atoms with Gasteiger partial charge in [-0.05, 0) is 24.3 Å². The summed E-state index contributed by atoms with van der Waals surface area (Å²) in [5, 5.41) is 2.87. The van der Waals surface area contributed by atoms with Crippen LogP contribution < -0.4 is 19.7 Å². The quantitative estimate of drug-likeness (QED) is 0.858. The molecule has 1 N–H and O–H groups in total. The van der Waals surface area contributed by atoms with Gasteiger partial charge in [0.25, 0.3) is 0 Å². The molecule has 2 aliphatic rings. The number of fused-ring (bicyclic) bond motifs is 2. The van der Waals surface area contributed by atoms with E-state index in [0.717, 1.165) is 16.3 Å². The number of rotatable bonds is 5. The number of thioether (sulfide) groups is 1. The molecule has 0 unspecified atom stereocenters. The Labute approximate surface area is 161 Å². The van der Waals surface area contributed by atoms with E-state index in [1.165, 1.54) is 11.8 Å². The molecule has 6 nitrogen and oxygen atoms in total. The van der Waals surface area contributed by atoms with Crippen LogP contribution in [0.2, 0.25) is 0 Å². The Balaban J connectivity index is 1.28. The summed E-state index contributed by atoms with van der Waals surface area (Å²) < 4.78 is 11.5. The fourth-order valence-corrected chi connectivity index (χ4v) is 4.03. The molecule has 2 amide bonds. The molecule has 0 spiro atoms. The molecule has 0 radical (unpaired) electrons. The number of hydrogen-bond acceptors (Lipinski definition) is 5. The minimum absolute atomic E-state index is 0.0344. The molecule has 7 heteroatoms.